The van der Waals surface area contributed by atoms with Crippen molar-refractivity contribution in [2.75, 3.05) is 31.1 Å². The number of hydrogen-bond donors (Lipinski definition) is 1. The van der Waals surface area contributed by atoms with Crippen molar-refractivity contribution in [2.45, 2.75) is 0 Å². The van der Waals surface area contributed by atoms with E-state index in [4.69, 9.17) is 9.97 Å². The van der Waals surface area contributed by atoms with Crippen molar-refractivity contribution in [1.29, 1.82) is 0 Å². The van der Waals surface area contributed by atoms with Gasteiger partial charge in [0, 0.05) is 42.5 Å². The molecule has 2 aromatic heterocycles. The SMILES string of the molecule is O=C(c1ccccc1O)N1CCN(c2nc(-c3ccsc3)nc3ccccc23)CC1. The van der Waals surface area contributed by atoms with Gasteiger partial charge in [-0.1, -0.05) is 24.3 Å². The summed E-state index contributed by atoms with van der Waals surface area (Å²) in [6.45, 7) is 2.48. The number of aromatic hydroxyl groups is 1. The number of phenols is 1. The lowest BCUT2D eigenvalue weighted by Crippen LogP contribution is -2.49. The summed E-state index contributed by atoms with van der Waals surface area (Å²) in [6, 6.07) is 16.8. The number of aromatic nitrogens is 2. The average molecular weight is 417 g/mol. The van der Waals surface area contributed by atoms with Gasteiger partial charge in [0.05, 0.1) is 11.1 Å². The molecule has 1 aliphatic rings. The maximum atomic E-state index is 12.8. The summed E-state index contributed by atoms with van der Waals surface area (Å²) >= 11 is 1.63. The number of carbonyl (C=O) groups excluding carboxylic acids is 1. The standard InChI is InChI=1S/C23H20N4O2S/c28-20-8-4-2-6-18(20)23(29)27-12-10-26(11-13-27)22-17-5-1-3-7-19(17)24-21(25-22)16-9-14-30-15-16/h1-9,14-15,28H,10-13H2. The van der Waals surface area contributed by atoms with Crippen molar-refractivity contribution in [3.8, 4) is 17.1 Å². The van der Waals surface area contributed by atoms with E-state index in [0.29, 0.717) is 31.7 Å². The molecule has 0 unspecified atom stereocenters. The highest BCUT2D eigenvalue weighted by Crippen LogP contribution is 2.29. The molecule has 7 heteroatoms. The number of amides is 1. The van der Waals surface area contributed by atoms with Gasteiger partial charge in [-0.3, -0.25) is 4.79 Å². The topological polar surface area (TPSA) is 69.6 Å². The second-order valence-corrected chi connectivity index (χ2v) is 7.98. The number of phenolic OH excluding ortho intramolecular Hbond substituents is 1. The Balaban J connectivity index is 1.42. The largest absolute Gasteiger partial charge is 0.507 e. The Morgan fingerprint density at radius 3 is 2.47 bits per heavy atom. The van der Waals surface area contributed by atoms with E-state index >= 15 is 0 Å². The van der Waals surface area contributed by atoms with Gasteiger partial charge in [0.15, 0.2) is 5.82 Å². The molecule has 6 nitrogen and oxygen atoms in total. The number of piperazine rings is 1. The number of benzene rings is 2. The van der Waals surface area contributed by atoms with Crippen molar-refractivity contribution < 1.29 is 9.90 Å². The molecule has 1 fully saturated rings. The third-order valence-electron chi connectivity index (χ3n) is 5.36. The van der Waals surface area contributed by atoms with Gasteiger partial charge >= 0.3 is 0 Å². The van der Waals surface area contributed by atoms with E-state index in [1.54, 1.807) is 40.5 Å². The molecule has 0 aliphatic carbocycles. The first-order valence-electron chi connectivity index (χ1n) is 9.82. The zero-order valence-electron chi connectivity index (χ0n) is 16.2. The highest BCUT2D eigenvalue weighted by molar-refractivity contribution is 7.08. The molecule has 0 atom stereocenters. The maximum Gasteiger partial charge on any atom is 0.257 e. The van der Waals surface area contributed by atoms with Gasteiger partial charge in [-0.2, -0.15) is 11.3 Å². The van der Waals surface area contributed by atoms with Gasteiger partial charge in [-0.15, -0.1) is 0 Å². The van der Waals surface area contributed by atoms with Crippen LogP contribution in [0.1, 0.15) is 10.4 Å². The first-order valence-corrected chi connectivity index (χ1v) is 10.8. The minimum atomic E-state index is -0.140. The summed E-state index contributed by atoms with van der Waals surface area (Å²) in [5, 5.41) is 15.1. The molecule has 1 aliphatic heterocycles. The number of thiophene rings is 1. The Labute approximate surface area is 178 Å². The number of fused-ring (bicyclic) bond motifs is 1. The van der Waals surface area contributed by atoms with E-state index in [0.717, 1.165) is 28.1 Å². The smallest absolute Gasteiger partial charge is 0.257 e. The number of hydrogen-bond acceptors (Lipinski definition) is 6. The Morgan fingerprint density at radius 1 is 0.933 bits per heavy atom. The van der Waals surface area contributed by atoms with Crippen molar-refractivity contribution >= 4 is 34.0 Å². The van der Waals surface area contributed by atoms with E-state index in [9.17, 15) is 9.90 Å². The molecule has 0 saturated carbocycles. The van der Waals surface area contributed by atoms with Gasteiger partial charge in [-0.05, 0) is 35.7 Å². The van der Waals surface area contributed by atoms with Crippen LogP contribution < -0.4 is 4.90 Å². The summed E-state index contributed by atoms with van der Waals surface area (Å²) in [6.07, 6.45) is 0. The van der Waals surface area contributed by atoms with Crippen LogP contribution in [0.15, 0.2) is 65.4 Å². The van der Waals surface area contributed by atoms with E-state index in [1.807, 2.05) is 35.7 Å². The zero-order valence-corrected chi connectivity index (χ0v) is 17.0. The molecular formula is C23H20N4O2S. The third-order valence-corrected chi connectivity index (χ3v) is 6.05. The number of carbonyl (C=O) groups is 1. The second-order valence-electron chi connectivity index (χ2n) is 7.20. The van der Waals surface area contributed by atoms with Gasteiger partial charge in [0.2, 0.25) is 0 Å². The lowest BCUT2D eigenvalue weighted by Gasteiger charge is -2.36. The van der Waals surface area contributed by atoms with Crippen LogP contribution in [-0.2, 0) is 0 Å². The minimum absolute atomic E-state index is 0.0205. The highest BCUT2D eigenvalue weighted by Gasteiger charge is 2.25. The molecule has 30 heavy (non-hydrogen) atoms. The molecule has 1 amide bonds. The van der Waals surface area contributed by atoms with Gasteiger partial charge in [0.25, 0.3) is 5.91 Å². The zero-order chi connectivity index (χ0) is 20.5. The predicted molar refractivity (Wildman–Crippen MR) is 119 cm³/mol. The van der Waals surface area contributed by atoms with Crippen molar-refractivity contribution in [2.24, 2.45) is 0 Å². The summed E-state index contributed by atoms with van der Waals surface area (Å²) < 4.78 is 0. The fraction of sp³-hybridized carbons (Fsp3) is 0.174. The van der Waals surface area contributed by atoms with Crippen LogP contribution in [0, 0.1) is 0 Å². The van der Waals surface area contributed by atoms with E-state index in [2.05, 4.69) is 10.3 Å². The number of rotatable bonds is 3. The Kier molecular flexibility index (Phi) is 4.80. The summed E-state index contributed by atoms with van der Waals surface area (Å²) in [4.78, 5) is 26.4. The van der Waals surface area contributed by atoms with E-state index in [1.165, 1.54) is 0 Å². The minimum Gasteiger partial charge on any atom is -0.507 e. The molecular weight excluding hydrogens is 396 g/mol. The van der Waals surface area contributed by atoms with Crippen molar-refractivity contribution in [3.63, 3.8) is 0 Å². The molecule has 3 heterocycles. The van der Waals surface area contributed by atoms with Gasteiger partial charge in [0.1, 0.15) is 11.6 Å². The van der Waals surface area contributed by atoms with Crippen LogP contribution >= 0.6 is 11.3 Å². The van der Waals surface area contributed by atoms with E-state index in [-0.39, 0.29) is 11.7 Å². The fourth-order valence-electron chi connectivity index (χ4n) is 3.77. The molecule has 150 valence electrons. The van der Waals surface area contributed by atoms with Crippen LogP contribution in [0.5, 0.6) is 5.75 Å². The van der Waals surface area contributed by atoms with E-state index < -0.39 is 0 Å². The number of nitrogens with zero attached hydrogens (tertiary/aromatic N) is 4. The predicted octanol–water partition coefficient (Wildman–Crippen LogP) is 4.03. The normalized spacial score (nSPS) is 14.3. The summed E-state index contributed by atoms with van der Waals surface area (Å²) in [5.74, 6) is 1.50. The van der Waals surface area contributed by atoms with Crippen LogP contribution in [-0.4, -0.2) is 52.1 Å². The summed E-state index contributed by atoms with van der Waals surface area (Å²) in [7, 11) is 0. The van der Waals surface area contributed by atoms with Crippen LogP contribution in [0.4, 0.5) is 5.82 Å². The maximum absolute atomic E-state index is 12.8. The number of para-hydroxylation sites is 2. The molecule has 5 rings (SSSR count). The highest BCUT2D eigenvalue weighted by atomic mass is 32.1. The van der Waals surface area contributed by atoms with Crippen molar-refractivity contribution in [1.82, 2.24) is 14.9 Å². The molecule has 1 N–H and O–H groups in total. The lowest BCUT2D eigenvalue weighted by atomic mass is 10.1. The van der Waals surface area contributed by atoms with Gasteiger partial charge in [-0.25, -0.2) is 9.97 Å². The third kappa shape index (κ3) is 3.37. The van der Waals surface area contributed by atoms with Gasteiger partial charge < -0.3 is 14.9 Å². The first kappa shape index (κ1) is 18.6. The van der Waals surface area contributed by atoms with Crippen molar-refractivity contribution in [3.05, 3.63) is 70.9 Å². The molecule has 0 spiro atoms. The van der Waals surface area contributed by atoms with Crippen LogP contribution in [0.3, 0.4) is 0 Å². The molecule has 0 radical (unpaired) electrons. The average Bonchev–Trinajstić information content (AvgIpc) is 3.33. The van der Waals surface area contributed by atoms with Crippen LogP contribution in [0.2, 0.25) is 0 Å². The molecule has 4 aromatic rings. The Morgan fingerprint density at radius 2 is 1.70 bits per heavy atom. The molecule has 1 saturated heterocycles. The molecule has 2 aromatic carbocycles. The quantitative estimate of drug-likeness (QED) is 0.546. The first-order chi connectivity index (χ1) is 14.7. The number of anilines is 1. The summed E-state index contributed by atoms with van der Waals surface area (Å²) in [5.41, 5.74) is 2.27. The van der Waals surface area contributed by atoms with Crippen LogP contribution in [0.25, 0.3) is 22.3 Å². The Hall–Kier alpha value is -3.45. The second kappa shape index (κ2) is 7.76. The monoisotopic (exact) mass is 416 g/mol. The molecule has 0 bridgehead atoms. The fourth-order valence-corrected chi connectivity index (χ4v) is 4.40. The Bertz CT molecular complexity index is 1200. The lowest BCUT2D eigenvalue weighted by molar-refractivity contribution is 0.0743.